The number of ether oxygens (including phenoxy) is 3. The molecule has 0 aliphatic rings. The van der Waals surface area contributed by atoms with Crippen molar-refractivity contribution >= 4 is 33.8 Å². The number of rotatable bonds is 7. The third-order valence-electron chi connectivity index (χ3n) is 4.64. The molecule has 2 aromatic carbocycles. The van der Waals surface area contributed by atoms with Gasteiger partial charge in [-0.15, -0.1) is 0 Å². The molecule has 0 fully saturated rings. The summed E-state index contributed by atoms with van der Waals surface area (Å²) >= 11 is 0. The minimum atomic E-state index is -0.533. The van der Waals surface area contributed by atoms with Crippen LogP contribution in [0, 0.1) is 0 Å². The largest absolute Gasteiger partial charge is 0.492 e. The zero-order valence-corrected chi connectivity index (χ0v) is 18.7. The van der Waals surface area contributed by atoms with Gasteiger partial charge in [-0.25, -0.2) is 4.79 Å². The molecule has 7 nitrogen and oxygen atoms in total. The van der Waals surface area contributed by atoms with Gasteiger partial charge in [0.2, 0.25) is 0 Å². The van der Waals surface area contributed by atoms with Crippen LogP contribution in [0.1, 0.15) is 33.3 Å². The smallest absolute Gasteiger partial charge is 0.410 e. The van der Waals surface area contributed by atoms with Gasteiger partial charge >= 0.3 is 12.1 Å². The van der Waals surface area contributed by atoms with E-state index in [4.69, 9.17) is 18.6 Å². The number of fused-ring (bicyclic) bond motifs is 3. The minimum Gasteiger partial charge on any atom is -0.492 e. The number of nitrogens with zero attached hydrogens (tertiary/aromatic N) is 1. The number of benzene rings is 2. The van der Waals surface area contributed by atoms with E-state index in [1.165, 1.54) is 4.90 Å². The van der Waals surface area contributed by atoms with Crippen molar-refractivity contribution in [3.63, 3.8) is 0 Å². The molecule has 0 spiro atoms. The minimum absolute atomic E-state index is 0.162. The normalized spacial score (nSPS) is 11.5. The van der Waals surface area contributed by atoms with Crippen molar-refractivity contribution in [3.05, 3.63) is 42.2 Å². The summed E-state index contributed by atoms with van der Waals surface area (Å²) in [5.41, 5.74) is 0.987. The molecule has 31 heavy (non-hydrogen) atoms. The molecule has 0 unspecified atom stereocenters. The van der Waals surface area contributed by atoms with E-state index in [1.54, 1.807) is 20.2 Å². The lowest BCUT2D eigenvalue weighted by molar-refractivity contribution is -0.142. The molecule has 1 amide bonds. The van der Waals surface area contributed by atoms with E-state index in [0.29, 0.717) is 25.5 Å². The lowest BCUT2D eigenvalue weighted by Gasteiger charge is -2.24. The highest BCUT2D eigenvalue weighted by molar-refractivity contribution is 6.08. The van der Waals surface area contributed by atoms with E-state index >= 15 is 0 Å². The van der Waals surface area contributed by atoms with Crippen LogP contribution in [0.3, 0.4) is 0 Å². The highest BCUT2D eigenvalue weighted by atomic mass is 16.6. The standard InChI is InChI=1S/C24H29NO6/c1-6-28-21(26)14-17-15-30-20-10-7-16-13-18(8-9-19(16)22(17)20)29-12-11-25(5)23(27)31-24(2,3)4/h7-10,13,15H,6,11-12,14H2,1-5H3. The van der Waals surface area contributed by atoms with Crippen LogP contribution in [0.15, 0.2) is 41.0 Å². The molecule has 0 saturated heterocycles. The summed E-state index contributed by atoms with van der Waals surface area (Å²) in [5, 5.41) is 2.85. The van der Waals surface area contributed by atoms with Crippen molar-refractivity contribution in [1.29, 1.82) is 0 Å². The maximum absolute atomic E-state index is 12.0. The SMILES string of the molecule is CCOC(=O)Cc1coc2ccc3cc(OCCN(C)C(=O)OC(C)(C)C)ccc3c12. The van der Waals surface area contributed by atoms with Crippen LogP contribution in [0.5, 0.6) is 5.75 Å². The quantitative estimate of drug-likeness (QED) is 0.497. The first kappa shape index (κ1) is 22.5. The van der Waals surface area contributed by atoms with Gasteiger partial charge in [-0.1, -0.05) is 6.07 Å². The zero-order chi connectivity index (χ0) is 22.6. The van der Waals surface area contributed by atoms with Crippen LogP contribution >= 0.6 is 0 Å². The molecule has 1 heterocycles. The van der Waals surface area contributed by atoms with E-state index in [2.05, 4.69) is 0 Å². The van der Waals surface area contributed by atoms with Gasteiger partial charge in [-0.2, -0.15) is 0 Å². The molecule has 0 bridgehead atoms. The molecule has 1 aromatic heterocycles. The van der Waals surface area contributed by atoms with Crippen molar-refractivity contribution in [3.8, 4) is 5.75 Å². The number of hydrogen-bond acceptors (Lipinski definition) is 6. The summed E-state index contributed by atoms with van der Waals surface area (Å²) in [6, 6.07) is 9.59. The Kier molecular flexibility index (Phi) is 6.73. The molecule has 0 atom stereocenters. The van der Waals surface area contributed by atoms with E-state index in [9.17, 15) is 9.59 Å². The highest BCUT2D eigenvalue weighted by Crippen LogP contribution is 2.32. The molecule has 3 aromatic rings. The van der Waals surface area contributed by atoms with Gasteiger partial charge in [0.05, 0.1) is 25.8 Å². The molecule has 0 aliphatic carbocycles. The Morgan fingerprint density at radius 1 is 1.13 bits per heavy atom. The fraction of sp³-hybridized carbons (Fsp3) is 0.417. The van der Waals surface area contributed by atoms with Gasteiger partial charge in [-0.05, 0) is 62.7 Å². The Labute approximate surface area is 181 Å². The molecule has 3 rings (SSSR count). The Morgan fingerprint density at radius 2 is 1.90 bits per heavy atom. The second kappa shape index (κ2) is 9.29. The second-order valence-corrected chi connectivity index (χ2v) is 8.31. The van der Waals surface area contributed by atoms with E-state index < -0.39 is 5.60 Å². The maximum Gasteiger partial charge on any atom is 0.410 e. The molecule has 166 valence electrons. The topological polar surface area (TPSA) is 78.2 Å². The predicted molar refractivity (Wildman–Crippen MR) is 118 cm³/mol. The maximum atomic E-state index is 12.0. The lowest BCUT2D eigenvalue weighted by atomic mass is 10.0. The molecule has 0 saturated carbocycles. The number of esters is 1. The molecule has 0 aliphatic heterocycles. The third kappa shape index (κ3) is 5.69. The molecule has 7 heteroatoms. The van der Waals surface area contributed by atoms with Crippen molar-refractivity contribution < 1.29 is 28.2 Å². The van der Waals surface area contributed by atoms with Crippen molar-refractivity contribution in [2.75, 3.05) is 26.8 Å². The van der Waals surface area contributed by atoms with E-state index in [-0.39, 0.29) is 18.5 Å². The lowest BCUT2D eigenvalue weighted by Crippen LogP contribution is -2.36. The van der Waals surface area contributed by atoms with Crippen molar-refractivity contribution in [2.24, 2.45) is 0 Å². The second-order valence-electron chi connectivity index (χ2n) is 8.31. The molecular formula is C24H29NO6. The fourth-order valence-corrected chi connectivity index (χ4v) is 3.23. The van der Waals surface area contributed by atoms with Crippen LogP contribution in [-0.2, 0) is 20.7 Å². The monoisotopic (exact) mass is 427 g/mol. The van der Waals surface area contributed by atoms with Crippen LogP contribution in [0.25, 0.3) is 21.7 Å². The number of hydrogen-bond donors (Lipinski definition) is 0. The van der Waals surface area contributed by atoms with Crippen molar-refractivity contribution in [1.82, 2.24) is 4.90 Å². The number of likely N-dealkylation sites (N-methyl/N-ethyl adjacent to an activating group) is 1. The summed E-state index contributed by atoms with van der Waals surface area (Å²) in [6.07, 6.45) is 1.39. The average molecular weight is 427 g/mol. The average Bonchev–Trinajstić information content (AvgIpc) is 3.09. The number of carbonyl (C=O) groups is 2. The van der Waals surface area contributed by atoms with Crippen LogP contribution in [-0.4, -0.2) is 49.4 Å². The Bertz CT molecular complexity index is 1080. The van der Waals surface area contributed by atoms with E-state index in [0.717, 1.165) is 27.3 Å². The zero-order valence-electron chi connectivity index (χ0n) is 18.7. The number of amides is 1. The molecule has 0 N–H and O–H groups in total. The Morgan fingerprint density at radius 3 is 2.61 bits per heavy atom. The van der Waals surface area contributed by atoms with Crippen LogP contribution in [0.2, 0.25) is 0 Å². The predicted octanol–water partition coefficient (Wildman–Crippen LogP) is 4.94. The van der Waals surface area contributed by atoms with E-state index in [1.807, 2.05) is 51.1 Å². The molecule has 0 radical (unpaired) electrons. The molecular weight excluding hydrogens is 398 g/mol. The third-order valence-corrected chi connectivity index (χ3v) is 4.64. The number of furan rings is 1. The van der Waals surface area contributed by atoms with Gasteiger partial charge in [0.1, 0.15) is 23.5 Å². The number of carbonyl (C=O) groups excluding carboxylic acids is 2. The summed E-state index contributed by atoms with van der Waals surface area (Å²) in [7, 11) is 1.68. The van der Waals surface area contributed by atoms with Crippen LogP contribution in [0.4, 0.5) is 4.79 Å². The van der Waals surface area contributed by atoms with Crippen LogP contribution < -0.4 is 4.74 Å². The summed E-state index contributed by atoms with van der Waals surface area (Å²) < 4.78 is 21.9. The first-order valence-corrected chi connectivity index (χ1v) is 10.3. The summed E-state index contributed by atoms with van der Waals surface area (Å²) in [5.74, 6) is 0.413. The fourth-order valence-electron chi connectivity index (χ4n) is 3.23. The first-order valence-electron chi connectivity index (χ1n) is 10.3. The van der Waals surface area contributed by atoms with Gasteiger partial charge in [-0.3, -0.25) is 4.79 Å². The van der Waals surface area contributed by atoms with Gasteiger partial charge in [0, 0.05) is 18.0 Å². The van der Waals surface area contributed by atoms with Gasteiger partial charge in [0.25, 0.3) is 0 Å². The highest BCUT2D eigenvalue weighted by Gasteiger charge is 2.19. The van der Waals surface area contributed by atoms with Gasteiger partial charge in [0.15, 0.2) is 0 Å². The van der Waals surface area contributed by atoms with Crippen molar-refractivity contribution in [2.45, 2.75) is 39.7 Å². The summed E-state index contributed by atoms with van der Waals surface area (Å²) in [4.78, 5) is 25.4. The Balaban J connectivity index is 1.71. The summed E-state index contributed by atoms with van der Waals surface area (Å²) in [6.45, 7) is 8.37. The van der Waals surface area contributed by atoms with Gasteiger partial charge < -0.3 is 23.5 Å². The Hall–Kier alpha value is -3.22. The first-order chi connectivity index (χ1) is 14.7.